The van der Waals surface area contributed by atoms with Gasteiger partial charge >= 0.3 is 0 Å². The van der Waals surface area contributed by atoms with Crippen molar-refractivity contribution in [3.8, 4) is 0 Å². The fourth-order valence-corrected chi connectivity index (χ4v) is 4.13. The molecule has 94 valence electrons. The topological polar surface area (TPSA) is 29.3 Å². The van der Waals surface area contributed by atoms with Crippen LogP contribution in [0, 0.1) is 0 Å². The lowest BCUT2D eigenvalue weighted by molar-refractivity contribution is 0.0753. The van der Waals surface area contributed by atoms with E-state index < -0.39 is 0 Å². The molecule has 1 heterocycles. The third kappa shape index (κ3) is 2.93. The fraction of sp³-hybridized carbons (Fsp3) is 1.00. The zero-order valence-electron chi connectivity index (χ0n) is 10.7. The lowest BCUT2D eigenvalue weighted by Gasteiger charge is -2.44. The standard InChI is InChI=1S/C13H26N2S/c1-10-9-11(14)7-8-15(10)12-3-5-13(16-2)6-4-12/h10-13H,3-9,14H2,1-2H3. The average molecular weight is 242 g/mol. The molecule has 0 aromatic carbocycles. The van der Waals surface area contributed by atoms with Gasteiger partial charge in [-0.1, -0.05) is 0 Å². The molecule has 1 saturated carbocycles. The van der Waals surface area contributed by atoms with Crippen LogP contribution in [0.25, 0.3) is 0 Å². The first-order valence-electron chi connectivity index (χ1n) is 6.74. The van der Waals surface area contributed by atoms with E-state index in [0.29, 0.717) is 12.1 Å². The quantitative estimate of drug-likeness (QED) is 0.806. The number of nitrogens with two attached hydrogens (primary N) is 1. The number of hydrogen-bond acceptors (Lipinski definition) is 3. The molecule has 1 aliphatic carbocycles. The zero-order valence-corrected chi connectivity index (χ0v) is 11.5. The van der Waals surface area contributed by atoms with E-state index >= 15 is 0 Å². The first-order valence-corrected chi connectivity index (χ1v) is 8.03. The summed E-state index contributed by atoms with van der Waals surface area (Å²) in [4.78, 5) is 2.74. The third-order valence-corrected chi connectivity index (χ3v) is 5.55. The van der Waals surface area contributed by atoms with Crippen LogP contribution in [-0.2, 0) is 0 Å². The van der Waals surface area contributed by atoms with Gasteiger partial charge in [-0.2, -0.15) is 11.8 Å². The van der Waals surface area contributed by atoms with Crippen molar-refractivity contribution in [3.05, 3.63) is 0 Å². The highest BCUT2D eigenvalue weighted by atomic mass is 32.2. The van der Waals surface area contributed by atoms with Crippen molar-refractivity contribution in [2.24, 2.45) is 5.73 Å². The summed E-state index contributed by atoms with van der Waals surface area (Å²) in [7, 11) is 0. The van der Waals surface area contributed by atoms with Crippen LogP contribution in [0.4, 0.5) is 0 Å². The van der Waals surface area contributed by atoms with Gasteiger partial charge in [-0.15, -0.1) is 0 Å². The molecular weight excluding hydrogens is 216 g/mol. The van der Waals surface area contributed by atoms with Gasteiger partial charge in [0.15, 0.2) is 0 Å². The van der Waals surface area contributed by atoms with Crippen LogP contribution in [0.1, 0.15) is 45.4 Å². The van der Waals surface area contributed by atoms with Crippen LogP contribution < -0.4 is 5.73 Å². The van der Waals surface area contributed by atoms with E-state index in [2.05, 4.69) is 29.8 Å². The molecule has 2 unspecified atom stereocenters. The van der Waals surface area contributed by atoms with E-state index in [9.17, 15) is 0 Å². The highest BCUT2D eigenvalue weighted by molar-refractivity contribution is 7.99. The zero-order chi connectivity index (χ0) is 11.5. The Labute approximate surface area is 104 Å². The summed E-state index contributed by atoms with van der Waals surface area (Å²) in [5.74, 6) is 0. The molecule has 0 bridgehead atoms. The van der Waals surface area contributed by atoms with E-state index in [-0.39, 0.29) is 0 Å². The van der Waals surface area contributed by atoms with E-state index in [4.69, 9.17) is 5.73 Å². The van der Waals surface area contributed by atoms with E-state index in [1.807, 2.05) is 0 Å². The monoisotopic (exact) mass is 242 g/mol. The Balaban J connectivity index is 1.84. The summed E-state index contributed by atoms with van der Waals surface area (Å²) in [6.45, 7) is 3.59. The first kappa shape index (κ1) is 12.7. The summed E-state index contributed by atoms with van der Waals surface area (Å²) in [6.07, 6.45) is 10.3. The van der Waals surface area contributed by atoms with Gasteiger partial charge < -0.3 is 5.73 Å². The number of rotatable bonds is 2. The van der Waals surface area contributed by atoms with Crippen molar-refractivity contribution in [3.63, 3.8) is 0 Å². The molecule has 2 N–H and O–H groups in total. The lowest BCUT2D eigenvalue weighted by atomic mass is 9.89. The molecule has 0 spiro atoms. The van der Waals surface area contributed by atoms with E-state index in [0.717, 1.165) is 11.3 Å². The van der Waals surface area contributed by atoms with Crippen LogP contribution in [-0.4, -0.2) is 41.1 Å². The Kier molecular flexibility index (Phi) is 4.57. The number of nitrogens with zero attached hydrogens (tertiary/aromatic N) is 1. The van der Waals surface area contributed by atoms with E-state index in [1.54, 1.807) is 0 Å². The predicted molar refractivity (Wildman–Crippen MR) is 72.9 cm³/mol. The second-order valence-corrected chi connectivity index (χ2v) is 6.68. The maximum atomic E-state index is 6.03. The Morgan fingerprint density at radius 3 is 2.38 bits per heavy atom. The van der Waals surface area contributed by atoms with Crippen molar-refractivity contribution in [2.75, 3.05) is 12.8 Å². The van der Waals surface area contributed by atoms with Crippen LogP contribution in [0.5, 0.6) is 0 Å². The maximum Gasteiger partial charge on any atom is 0.00988 e. The van der Waals surface area contributed by atoms with Crippen LogP contribution in [0.3, 0.4) is 0 Å². The van der Waals surface area contributed by atoms with Crippen molar-refractivity contribution in [2.45, 2.75) is 68.8 Å². The summed E-state index contributed by atoms with van der Waals surface area (Å²) >= 11 is 2.06. The van der Waals surface area contributed by atoms with Gasteiger partial charge in [-0.25, -0.2) is 0 Å². The minimum Gasteiger partial charge on any atom is -0.328 e. The Morgan fingerprint density at radius 1 is 1.12 bits per heavy atom. The van der Waals surface area contributed by atoms with Gasteiger partial charge in [0.2, 0.25) is 0 Å². The molecule has 0 amide bonds. The highest BCUT2D eigenvalue weighted by Crippen LogP contribution is 2.32. The lowest BCUT2D eigenvalue weighted by Crippen LogP contribution is -2.51. The molecule has 0 aromatic heterocycles. The minimum absolute atomic E-state index is 0.453. The van der Waals surface area contributed by atoms with Gasteiger partial charge in [0.05, 0.1) is 0 Å². The third-order valence-electron chi connectivity index (χ3n) is 4.41. The molecule has 0 aromatic rings. The highest BCUT2D eigenvalue weighted by Gasteiger charge is 2.31. The van der Waals surface area contributed by atoms with Crippen LogP contribution in [0.2, 0.25) is 0 Å². The SMILES string of the molecule is CSC1CCC(N2CCC(N)CC2C)CC1. The molecule has 16 heavy (non-hydrogen) atoms. The average Bonchev–Trinajstić information content (AvgIpc) is 2.29. The summed E-state index contributed by atoms with van der Waals surface area (Å²) < 4.78 is 0. The second kappa shape index (κ2) is 5.74. The molecule has 3 heteroatoms. The van der Waals surface area contributed by atoms with Crippen molar-refractivity contribution in [1.82, 2.24) is 4.90 Å². The second-order valence-electron chi connectivity index (χ2n) is 5.54. The van der Waals surface area contributed by atoms with Crippen LogP contribution >= 0.6 is 11.8 Å². The molecule has 1 aliphatic heterocycles. The summed E-state index contributed by atoms with van der Waals surface area (Å²) in [6, 6.07) is 2.01. The van der Waals surface area contributed by atoms with Crippen molar-refractivity contribution >= 4 is 11.8 Å². The number of thioether (sulfide) groups is 1. The number of piperidine rings is 1. The summed E-state index contributed by atoms with van der Waals surface area (Å²) in [5.41, 5.74) is 6.03. The van der Waals surface area contributed by atoms with Crippen LogP contribution in [0.15, 0.2) is 0 Å². The maximum absolute atomic E-state index is 6.03. The molecule has 1 saturated heterocycles. The largest absolute Gasteiger partial charge is 0.328 e. The summed E-state index contributed by atoms with van der Waals surface area (Å²) in [5, 5.41) is 0.929. The Morgan fingerprint density at radius 2 is 1.81 bits per heavy atom. The van der Waals surface area contributed by atoms with Gasteiger partial charge in [-0.05, 0) is 51.7 Å². The molecule has 2 rings (SSSR count). The first-order chi connectivity index (χ1) is 7.70. The van der Waals surface area contributed by atoms with E-state index in [1.165, 1.54) is 45.1 Å². The Hall–Kier alpha value is 0.270. The molecule has 2 atom stereocenters. The van der Waals surface area contributed by atoms with Gasteiger partial charge in [0, 0.05) is 29.9 Å². The van der Waals surface area contributed by atoms with Crippen molar-refractivity contribution < 1.29 is 0 Å². The Bertz CT molecular complexity index is 214. The smallest absolute Gasteiger partial charge is 0.00988 e. The van der Waals surface area contributed by atoms with Gasteiger partial charge in [0.1, 0.15) is 0 Å². The van der Waals surface area contributed by atoms with Gasteiger partial charge in [0.25, 0.3) is 0 Å². The molecule has 2 aliphatic rings. The normalized spacial score (nSPS) is 42.2. The molecule has 0 radical (unpaired) electrons. The number of likely N-dealkylation sites (tertiary alicyclic amines) is 1. The van der Waals surface area contributed by atoms with Crippen molar-refractivity contribution in [1.29, 1.82) is 0 Å². The molecule has 2 fully saturated rings. The minimum atomic E-state index is 0.453. The molecular formula is C13H26N2S. The fourth-order valence-electron chi connectivity index (χ4n) is 3.38. The molecule has 2 nitrogen and oxygen atoms in total. The number of hydrogen-bond donors (Lipinski definition) is 1. The van der Waals surface area contributed by atoms with Gasteiger partial charge in [-0.3, -0.25) is 4.90 Å². The predicted octanol–water partition coefficient (Wildman–Crippen LogP) is 2.47.